The summed E-state index contributed by atoms with van der Waals surface area (Å²) in [7, 11) is 0. The molecule has 2 N–H and O–H groups in total. The first-order chi connectivity index (χ1) is 9.28. The number of ether oxygens (including phenoxy) is 1. The largest absolute Gasteiger partial charge is 0.395 e. The molecule has 0 saturated heterocycles. The Bertz CT molecular complexity index is 486. The van der Waals surface area contributed by atoms with E-state index < -0.39 is 0 Å². The number of aliphatic hydroxyl groups is 1. The van der Waals surface area contributed by atoms with Crippen LogP contribution in [0.1, 0.15) is 24.0 Å². The molecule has 1 fully saturated rings. The Morgan fingerprint density at radius 2 is 2.16 bits per heavy atom. The van der Waals surface area contributed by atoms with E-state index in [1.165, 1.54) is 5.56 Å². The summed E-state index contributed by atoms with van der Waals surface area (Å²) < 4.78 is 5.35. The van der Waals surface area contributed by atoms with Crippen LogP contribution in [0, 0.1) is 0 Å². The van der Waals surface area contributed by atoms with E-state index in [0.29, 0.717) is 25.8 Å². The van der Waals surface area contributed by atoms with E-state index >= 15 is 0 Å². The van der Waals surface area contributed by atoms with Gasteiger partial charge in [-0.3, -0.25) is 0 Å². The van der Waals surface area contributed by atoms with Gasteiger partial charge >= 0.3 is 6.03 Å². The van der Waals surface area contributed by atoms with Crippen LogP contribution in [0.15, 0.2) is 18.2 Å². The zero-order valence-electron chi connectivity index (χ0n) is 10.8. The lowest BCUT2D eigenvalue weighted by Crippen LogP contribution is -2.38. The third kappa shape index (κ3) is 2.72. The van der Waals surface area contributed by atoms with E-state index in [9.17, 15) is 4.79 Å². The summed E-state index contributed by atoms with van der Waals surface area (Å²) in [5.74, 6) is 0. The van der Waals surface area contributed by atoms with E-state index in [1.54, 1.807) is 4.90 Å². The van der Waals surface area contributed by atoms with Crippen molar-refractivity contribution in [3.8, 4) is 0 Å². The zero-order valence-corrected chi connectivity index (χ0v) is 10.8. The van der Waals surface area contributed by atoms with Gasteiger partial charge in [-0.05, 0) is 36.1 Å². The van der Waals surface area contributed by atoms with Crippen molar-refractivity contribution in [2.45, 2.75) is 32.1 Å². The Balaban J connectivity index is 1.68. The number of urea groups is 1. The molecular formula is C14H18N2O3. The fourth-order valence-corrected chi connectivity index (χ4v) is 2.39. The smallest absolute Gasteiger partial charge is 0.322 e. The summed E-state index contributed by atoms with van der Waals surface area (Å²) in [6, 6.07) is 6.02. The first kappa shape index (κ1) is 12.4. The van der Waals surface area contributed by atoms with Crippen molar-refractivity contribution < 1.29 is 14.6 Å². The molecule has 0 unspecified atom stereocenters. The maximum atomic E-state index is 12.2. The van der Waals surface area contributed by atoms with E-state index in [2.05, 4.69) is 5.32 Å². The molecule has 1 aliphatic heterocycles. The highest BCUT2D eigenvalue weighted by atomic mass is 16.5. The molecule has 2 amide bonds. The van der Waals surface area contributed by atoms with Crippen molar-refractivity contribution in [3.63, 3.8) is 0 Å². The number of rotatable bonds is 4. The fraction of sp³-hybridized carbons (Fsp3) is 0.500. The number of anilines is 1. The second-order valence-electron chi connectivity index (χ2n) is 5.05. The number of aliphatic hydroxyl groups excluding tert-OH is 1. The summed E-state index contributed by atoms with van der Waals surface area (Å²) >= 11 is 0. The molecule has 0 bridgehead atoms. The lowest BCUT2D eigenvalue weighted by atomic mass is 10.1. The van der Waals surface area contributed by atoms with Gasteiger partial charge in [-0.25, -0.2) is 4.79 Å². The second kappa shape index (κ2) is 5.19. The SMILES string of the molecule is O=C(Nc1ccc2c(c1)COC2)N(CCO)C1CC1. The van der Waals surface area contributed by atoms with Gasteiger partial charge in [0.05, 0.1) is 19.8 Å². The maximum Gasteiger partial charge on any atom is 0.322 e. The Hall–Kier alpha value is -1.59. The molecule has 5 nitrogen and oxygen atoms in total. The van der Waals surface area contributed by atoms with Crippen LogP contribution in [-0.4, -0.2) is 35.2 Å². The Labute approximate surface area is 112 Å². The predicted molar refractivity (Wildman–Crippen MR) is 70.8 cm³/mol. The molecule has 5 heteroatoms. The molecular weight excluding hydrogens is 244 g/mol. The highest BCUT2D eigenvalue weighted by Crippen LogP contribution is 2.28. The van der Waals surface area contributed by atoms with Crippen LogP contribution in [0.4, 0.5) is 10.5 Å². The molecule has 3 rings (SSSR count). The minimum Gasteiger partial charge on any atom is -0.395 e. The third-order valence-corrected chi connectivity index (χ3v) is 3.56. The molecule has 19 heavy (non-hydrogen) atoms. The number of carbonyl (C=O) groups excluding carboxylic acids is 1. The molecule has 1 heterocycles. The summed E-state index contributed by atoms with van der Waals surface area (Å²) in [6.45, 7) is 1.66. The van der Waals surface area contributed by atoms with Gasteiger partial charge in [0.1, 0.15) is 0 Å². The standard InChI is InChI=1S/C14H18N2O3/c17-6-5-16(13-3-4-13)14(18)15-12-2-1-10-8-19-9-11(10)7-12/h1-2,7,13,17H,3-6,8-9H2,(H,15,18). The summed E-state index contributed by atoms with van der Waals surface area (Å²) in [5, 5.41) is 11.9. The molecule has 0 spiro atoms. The Kier molecular flexibility index (Phi) is 3.40. The lowest BCUT2D eigenvalue weighted by molar-refractivity contribution is 0.134. The first-order valence-corrected chi connectivity index (χ1v) is 6.66. The van der Waals surface area contributed by atoms with Gasteiger partial charge in [-0.2, -0.15) is 0 Å². The quantitative estimate of drug-likeness (QED) is 0.868. The first-order valence-electron chi connectivity index (χ1n) is 6.66. The highest BCUT2D eigenvalue weighted by Gasteiger charge is 2.32. The predicted octanol–water partition coefficient (Wildman–Crippen LogP) is 1.71. The molecule has 0 aromatic heterocycles. The molecule has 0 atom stereocenters. The van der Waals surface area contributed by atoms with Gasteiger partial charge in [0.15, 0.2) is 0 Å². The summed E-state index contributed by atoms with van der Waals surface area (Å²) in [5.41, 5.74) is 3.11. The van der Waals surface area contributed by atoms with Crippen LogP contribution in [0.5, 0.6) is 0 Å². The van der Waals surface area contributed by atoms with Gasteiger partial charge in [0, 0.05) is 18.3 Å². The van der Waals surface area contributed by atoms with Gasteiger partial charge in [0.25, 0.3) is 0 Å². The van der Waals surface area contributed by atoms with E-state index in [4.69, 9.17) is 9.84 Å². The fourth-order valence-electron chi connectivity index (χ4n) is 2.39. The molecule has 102 valence electrons. The second-order valence-corrected chi connectivity index (χ2v) is 5.05. The van der Waals surface area contributed by atoms with E-state index in [0.717, 1.165) is 24.1 Å². The number of amides is 2. The van der Waals surface area contributed by atoms with E-state index in [1.807, 2.05) is 18.2 Å². The molecule has 1 aromatic rings. The number of hydrogen-bond acceptors (Lipinski definition) is 3. The number of nitrogens with zero attached hydrogens (tertiary/aromatic N) is 1. The van der Waals surface area contributed by atoms with Crippen LogP contribution in [0.3, 0.4) is 0 Å². The molecule has 1 aromatic carbocycles. The van der Waals surface area contributed by atoms with E-state index in [-0.39, 0.29) is 12.6 Å². The average molecular weight is 262 g/mol. The van der Waals surface area contributed by atoms with Crippen LogP contribution in [0.2, 0.25) is 0 Å². The zero-order chi connectivity index (χ0) is 13.2. The van der Waals surface area contributed by atoms with Crippen LogP contribution < -0.4 is 5.32 Å². The molecule has 1 saturated carbocycles. The number of fused-ring (bicyclic) bond motifs is 1. The normalized spacial score (nSPS) is 17.1. The van der Waals surface area contributed by atoms with Gasteiger partial charge < -0.3 is 20.1 Å². The van der Waals surface area contributed by atoms with Crippen LogP contribution >= 0.6 is 0 Å². The molecule has 2 aliphatic rings. The topological polar surface area (TPSA) is 61.8 Å². The van der Waals surface area contributed by atoms with Crippen molar-refractivity contribution in [1.29, 1.82) is 0 Å². The van der Waals surface area contributed by atoms with Gasteiger partial charge in [-0.1, -0.05) is 6.07 Å². The monoisotopic (exact) mass is 262 g/mol. The van der Waals surface area contributed by atoms with Crippen molar-refractivity contribution in [1.82, 2.24) is 4.90 Å². The summed E-state index contributed by atoms with van der Waals surface area (Å²) in [6.07, 6.45) is 2.07. The highest BCUT2D eigenvalue weighted by molar-refractivity contribution is 5.89. The van der Waals surface area contributed by atoms with Crippen LogP contribution in [-0.2, 0) is 18.0 Å². The Morgan fingerprint density at radius 3 is 2.89 bits per heavy atom. The molecule has 1 aliphatic carbocycles. The Morgan fingerprint density at radius 1 is 1.37 bits per heavy atom. The lowest BCUT2D eigenvalue weighted by Gasteiger charge is -2.21. The van der Waals surface area contributed by atoms with Crippen molar-refractivity contribution in [2.24, 2.45) is 0 Å². The minimum absolute atomic E-state index is 0.00193. The third-order valence-electron chi connectivity index (χ3n) is 3.56. The average Bonchev–Trinajstić information content (AvgIpc) is 3.13. The van der Waals surface area contributed by atoms with Crippen molar-refractivity contribution >= 4 is 11.7 Å². The van der Waals surface area contributed by atoms with Gasteiger partial charge in [0.2, 0.25) is 0 Å². The number of carbonyl (C=O) groups is 1. The van der Waals surface area contributed by atoms with Crippen molar-refractivity contribution in [3.05, 3.63) is 29.3 Å². The summed E-state index contributed by atoms with van der Waals surface area (Å²) in [4.78, 5) is 13.9. The van der Waals surface area contributed by atoms with Gasteiger partial charge in [-0.15, -0.1) is 0 Å². The number of nitrogens with one attached hydrogen (secondary N) is 1. The maximum absolute atomic E-state index is 12.2. The minimum atomic E-state index is -0.129. The molecule has 0 radical (unpaired) electrons. The number of hydrogen-bond donors (Lipinski definition) is 2. The van der Waals surface area contributed by atoms with Crippen LogP contribution in [0.25, 0.3) is 0 Å². The number of benzene rings is 1. The van der Waals surface area contributed by atoms with Crippen molar-refractivity contribution in [2.75, 3.05) is 18.5 Å².